The van der Waals surface area contributed by atoms with Gasteiger partial charge in [-0.1, -0.05) is 43.7 Å². The van der Waals surface area contributed by atoms with Gasteiger partial charge in [0.05, 0.1) is 5.69 Å². The predicted octanol–water partition coefficient (Wildman–Crippen LogP) is 5.16. The average molecular weight is 368 g/mol. The van der Waals surface area contributed by atoms with Crippen LogP contribution in [0.25, 0.3) is 0 Å². The molecule has 0 bridgehead atoms. The van der Waals surface area contributed by atoms with E-state index in [1.807, 2.05) is 30.3 Å². The second-order valence-electron chi connectivity index (χ2n) is 5.89. The Kier molecular flexibility index (Phi) is 7.43. The first-order valence-electron chi connectivity index (χ1n) is 8.82. The first-order valence-corrected chi connectivity index (χ1v) is 8.82. The summed E-state index contributed by atoms with van der Waals surface area (Å²) in [5.74, 6) is 0.283. The molecule has 0 fully saturated rings. The number of anilines is 2. The zero-order chi connectivity index (χ0) is 19.6. The van der Waals surface area contributed by atoms with E-state index >= 15 is 0 Å². The number of amides is 2. The molecule has 6 heteroatoms. The van der Waals surface area contributed by atoms with Gasteiger partial charge in [-0.2, -0.15) is 0 Å². The van der Waals surface area contributed by atoms with Gasteiger partial charge in [0, 0.05) is 24.8 Å². The smallest absolute Gasteiger partial charge is 0.419 e. The van der Waals surface area contributed by atoms with E-state index in [1.165, 1.54) is 12.1 Å². The predicted molar refractivity (Wildman–Crippen MR) is 107 cm³/mol. The zero-order valence-corrected chi connectivity index (χ0v) is 15.4. The van der Waals surface area contributed by atoms with Gasteiger partial charge in [-0.05, 0) is 30.7 Å². The highest BCUT2D eigenvalue weighted by Crippen LogP contribution is 2.23. The number of carbonyl (C=O) groups excluding carboxylic acids is 1. The van der Waals surface area contributed by atoms with E-state index < -0.39 is 12.2 Å². The topological polar surface area (TPSA) is 70.1 Å². The lowest BCUT2D eigenvalue weighted by Gasteiger charge is -2.22. The van der Waals surface area contributed by atoms with E-state index in [-0.39, 0.29) is 12.3 Å². The van der Waals surface area contributed by atoms with E-state index in [0.717, 1.165) is 23.4 Å². The SMILES string of the molecule is C=CCN(C(=O)O)c1cccc(OC(=O)N(CCCC)c2ccccc2)c1. The van der Waals surface area contributed by atoms with Crippen molar-refractivity contribution in [3.8, 4) is 5.75 Å². The standard InChI is InChI=1S/C21H24N2O4/c1-3-5-15-23(17-10-7-6-8-11-17)21(26)27-19-13-9-12-18(16-19)22(14-4-2)20(24)25/h4,6-13,16H,2-3,5,14-15H2,1H3,(H,24,25). The van der Waals surface area contributed by atoms with Crippen molar-refractivity contribution in [3.05, 3.63) is 67.3 Å². The minimum absolute atomic E-state index is 0.138. The van der Waals surface area contributed by atoms with Crippen LogP contribution in [0.5, 0.6) is 5.75 Å². The molecule has 0 saturated heterocycles. The van der Waals surface area contributed by atoms with Gasteiger partial charge in [-0.25, -0.2) is 9.59 Å². The largest absolute Gasteiger partial charge is 0.465 e. The van der Waals surface area contributed by atoms with E-state index in [4.69, 9.17) is 4.74 Å². The van der Waals surface area contributed by atoms with Crippen molar-refractivity contribution < 1.29 is 19.4 Å². The molecule has 2 aromatic rings. The Morgan fingerprint density at radius 2 is 1.78 bits per heavy atom. The van der Waals surface area contributed by atoms with Crippen LogP contribution < -0.4 is 14.5 Å². The summed E-state index contributed by atoms with van der Waals surface area (Å²) < 4.78 is 5.52. The molecule has 2 rings (SSSR count). The van der Waals surface area contributed by atoms with Crippen LogP contribution in [0.2, 0.25) is 0 Å². The van der Waals surface area contributed by atoms with Gasteiger partial charge in [-0.15, -0.1) is 6.58 Å². The monoisotopic (exact) mass is 368 g/mol. The van der Waals surface area contributed by atoms with E-state index in [1.54, 1.807) is 23.1 Å². The van der Waals surface area contributed by atoms with E-state index in [0.29, 0.717) is 12.2 Å². The fraction of sp³-hybridized carbons (Fsp3) is 0.238. The highest BCUT2D eigenvalue weighted by molar-refractivity contribution is 5.90. The Hall–Kier alpha value is -3.28. The Morgan fingerprint density at radius 3 is 2.41 bits per heavy atom. The normalized spacial score (nSPS) is 10.1. The summed E-state index contributed by atoms with van der Waals surface area (Å²) in [6, 6.07) is 15.8. The second-order valence-corrected chi connectivity index (χ2v) is 5.89. The molecule has 0 aromatic heterocycles. The molecule has 27 heavy (non-hydrogen) atoms. The number of ether oxygens (including phenoxy) is 1. The van der Waals surface area contributed by atoms with E-state index in [9.17, 15) is 14.7 Å². The maximum Gasteiger partial charge on any atom is 0.419 e. The number of para-hydroxylation sites is 1. The fourth-order valence-electron chi connectivity index (χ4n) is 2.54. The van der Waals surface area contributed by atoms with Gasteiger partial charge < -0.3 is 9.84 Å². The van der Waals surface area contributed by atoms with Gasteiger partial charge >= 0.3 is 12.2 Å². The van der Waals surface area contributed by atoms with Crippen LogP contribution in [-0.2, 0) is 0 Å². The molecule has 142 valence electrons. The van der Waals surface area contributed by atoms with Crippen molar-refractivity contribution >= 4 is 23.6 Å². The average Bonchev–Trinajstić information content (AvgIpc) is 2.67. The van der Waals surface area contributed by atoms with Crippen LogP contribution in [0, 0.1) is 0 Å². The first kappa shape index (κ1) is 20.0. The summed E-state index contributed by atoms with van der Waals surface area (Å²) in [5, 5.41) is 9.33. The highest BCUT2D eigenvalue weighted by Gasteiger charge is 2.19. The minimum atomic E-state index is -1.10. The Bertz CT molecular complexity index is 777. The summed E-state index contributed by atoms with van der Waals surface area (Å²) in [7, 11) is 0. The molecule has 2 amide bonds. The zero-order valence-electron chi connectivity index (χ0n) is 15.4. The molecule has 0 radical (unpaired) electrons. The number of rotatable bonds is 8. The molecular formula is C21H24N2O4. The maximum atomic E-state index is 12.7. The Labute approximate surface area is 159 Å². The van der Waals surface area contributed by atoms with Crippen LogP contribution in [0.3, 0.4) is 0 Å². The minimum Gasteiger partial charge on any atom is -0.465 e. The van der Waals surface area contributed by atoms with Crippen molar-refractivity contribution in [1.82, 2.24) is 0 Å². The highest BCUT2D eigenvalue weighted by atomic mass is 16.6. The number of benzene rings is 2. The van der Waals surface area contributed by atoms with Crippen molar-refractivity contribution in [1.29, 1.82) is 0 Å². The van der Waals surface area contributed by atoms with Gasteiger partial charge in [0.15, 0.2) is 0 Å². The summed E-state index contributed by atoms with van der Waals surface area (Å²) in [4.78, 5) is 26.8. The van der Waals surface area contributed by atoms with Crippen LogP contribution in [-0.4, -0.2) is 30.4 Å². The second kappa shape index (κ2) is 10.0. The van der Waals surface area contributed by atoms with Crippen LogP contribution >= 0.6 is 0 Å². The van der Waals surface area contributed by atoms with Gasteiger partial charge in [-0.3, -0.25) is 9.80 Å². The molecule has 6 nitrogen and oxygen atoms in total. The summed E-state index contributed by atoms with van der Waals surface area (Å²) in [6.45, 7) is 6.30. The van der Waals surface area contributed by atoms with Gasteiger partial charge in [0.1, 0.15) is 5.75 Å². The third-order valence-electron chi connectivity index (χ3n) is 3.90. The number of carboxylic acid groups (broad SMARTS) is 1. The molecule has 0 aliphatic heterocycles. The number of nitrogens with zero attached hydrogens (tertiary/aromatic N) is 2. The third kappa shape index (κ3) is 5.60. The lowest BCUT2D eigenvalue weighted by atomic mass is 10.2. The summed E-state index contributed by atoms with van der Waals surface area (Å²) >= 11 is 0. The molecule has 0 aliphatic carbocycles. The Morgan fingerprint density at radius 1 is 1.07 bits per heavy atom. The van der Waals surface area contributed by atoms with Crippen LogP contribution in [0.1, 0.15) is 19.8 Å². The van der Waals surface area contributed by atoms with Gasteiger partial charge in [0.2, 0.25) is 0 Å². The lowest BCUT2D eigenvalue weighted by molar-refractivity contribution is 0.202. The van der Waals surface area contributed by atoms with E-state index in [2.05, 4.69) is 13.5 Å². The third-order valence-corrected chi connectivity index (χ3v) is 3.90. The molecule has 0 atom stereocenters. The molecule has 2 aromatic carbocycles. The van der Waals surface area contributed by atoms with Crippen molar-refractivity contribution in [2.24, 2.45) is 0 Å². The molecule has 0 spiro atoms. The lowest BCUT2D eigenvalue weighted by Crippen LogP contribution is -2.34. The number of carbonyl (C=O) groups is 2. The number of unbranched alkanes of at least 4 members (excludes halogenated alkanes) is 1. The quantitative estimate of drug-likeness (QED) is 0.653. The maximum absolute atomic E-state index is 12.7. The Balaban J connectivity index is 2.21. The van der Waals surface area contributed by atoms with Crippen molar-refractivity contribution in [2.75, 3.05) is 22.9 Å². The molecule has 0 saturated carbocycles. The molecule has 0 heterocycles. The van der Waals surface area contributed by atoms with Crippen molar-refractivity contribution in [3.63, 3.8) is 0 Å². The number of hydrogen-bond donors (Lipinski definition) is 1. The van der Waals surface area contributed by atoms with Gasteiger partial charge in [0.25, 0.3) is 0 Å². The van der Waals surface area contributed by atoms with Crippen LogP contribution in [0.4, 0.5) is 21.0 Å². The molecule has 0 unspecified atom stereocenters. The first-order chi connectivity index (χ1) is 13.1. The van der Waals surface area contributed by atoms with Crippen molar-refractivity contribution in [2.45, 2.75) is 19.8 Å². The number of hydrogen-bond acceptors (Lipinski definition) is 3. The summed E-state index contributed by atoms with van der Waals surface area (Å²) in [5.41, 5.74) is 1.17. The molecule has 1 N–H and O–H groups in total. The molecular weight excluding hydrogens is 344 g/mol. The fourth-order valence-corrected chi connectivity index (χ4v) is 2.54. The van der Waals surface area contributed by atoms with Crippen LogP contribution in [0.15, 0.2) is 67.3 Å². The molecule has 0 aliphatic rings. The summed E-state index contributed by atoms with van der Waals surface area (Å²) in [6.07, 6.45) is 1.68.